The molecule has 0 unspecified atom stereocenters. The number of hydrogen-bond donors (Lipinski definition) is 3. The molecule has 0 bridgehead atoms. The van der Waals surface area contributed by atoms with Crippen molar-refractivity contribution in [3.05, 3.63) is 41.7 Å². The van der Waals surface area contributed by atoms with E-state index in [0.717, 1.165) is 0 Å². The van der Waals surface area contributed by atoms with Crippen molar-refractivity contribution < 1.29 is 9.59 Å². The van der Waals surface area contributed by atoms with Crippen LogP contribution in [-0.4, -0.2) is 34.4 Å². The largest absolute Gasteiger partial charge is 0.351 e. The highest BCUT2D eigenvalue weighted by molar-refractivity contribution is 7.13. The van der Waals surface area contributed by atoms with E-state index in [1.165, 1.54) is 11.3 Å². The van der Waals surface area contributed by atoms with Crippen molar-refractivity contribution in [1.82, 2.24) is 15.3 Å². The number of thiazole rings is 1. The standard InChI is InChI=1S/C13H15N5O2S/c14-9(11(19)18-13-17-7-8-21-13)4-6-16-12(20)10-3-1-2-5-15-10/h1-3,5,7-9H,4,6,14H2,(H,16,20)(H,17,18,19)/t9-/m0/s1. The molecule has 2 rings (SSSR count). The summed E-state index contributed by atoms with van der Waals surface area (Å²) in [6.45, 7) is 0.294. The van der Waals surface area contributed by atoms with E-state index >= 15 is 0 Å². The van der Waals surface area contributed by atoms with Crippen LogP contribution >= 0.6 is 11.3 Å². The summed E-state index contributed by atoms with van der Waals surface area (Å²) in [7, 11) is 0. The van der Waals surface area contributed by atoms with Gasteiger partial charge in [0, 0.05) is 24.3 Å². The number of carbonyl (C=O) groups excluding carboxylic acids is 2. The molecule has 0 aliphatic rings. The van der Waals surface area contributed by atoms with Crippen LogP contribution in [-0.2, 0) is 4.79 Å². The van der Waals surface area contributed by atoms with Crippen molar-refractivity contribution in [2.45, 2.75) is 12.5 Å². The zero-order valence-corrected chi connectivity index (χ0v) is 12.0. The van der Waals surface area contributed by atoms with Crippen LogP contribution in [0.3, 0.4) is 0 Å². The zero-order valence-electron chi connectivity index (χ0n) is 11.2. The highest BCUT2D eigenvalue weighted by Crippen LogP contribution is 2.10. The number of hydrogen-bond acceptors (Lipinski definition) is 6. The van der Waals surface area contributed by atoms with Gasteiger partial charge in [0.1, 0.15) is 5.69 Å². The Morgan fingerprint density at radius 1 is 1.29 bits per heavy atom. The molecule has 0 aliphatic carbocycles. The third kappa shape index (κ3) is 4.62. The number of aromatic nitrogens is 2. The maximum Gasteiger partial charge on any atom is 0.269 e. The molecule has 7 nitrogen and oxygen atoms in total. The van der Waals surface area contributed by atoms with Crippen molar-refractivity contribution >= 4 is 28.3 Å². The Morgan fingerprint density at radius 3 is 2.81 bits per heavy atom. The van der Waals surface area contributed by atoms with Crippen LogP contribution in [0.25, 0.3) is 0 Å². The van der Waals surface area contributed by atoms with Crippen LogP contribution in [0, 0.1) is 0 Å². The molecule has 0 saturated heterocycles. The quantitative estimate of drug-likeness (QED) is 0.725. The molecule has 21 heavy (non-hydrogen) atoms. The van der Waals surface area contributed by atoms with Gasteiger partial charge in [-0.2, -0.15) is 0 Å². The molecule has 110 valence electrons. The fourth-order valence-corrected chi connectivity index (χ4v) is 2.08. The molecule has 0 saturated carbocycles. The lowest BCUT2D eigenvalue weighted by atomic mass is 10.2. The molecule has 2 heterocycles. The normalized spacial score (nSPS) is 11.7. The van der Waals surface area contributed by atoms with Crippen molar-refractivity contribution in [2.24, 2.45) is 5.73 Å². The summed E-state index contributed by atoms with van der Waals surface area (Å²) in [6, 6.07) is 4.37. The number of nitrogens with one attached hydrogen (secondary N) is 2. The summed E-state index contributed by atoms with van der Waals surface area (Å²) in [5.41, 5.74) is 6.09. The molecule has 0 radical (unpaired) electrons. The van der Waals surface area contributed by atoms with Gasteiger partial charge in [-0.25, -0.2) is 4.98 Å². The number of rotatable bonds is 6. The van der Waals surface area contributed by atoms with Crippen LogP contribution in [0.1, 0.15) is 16.9 Å². The minimum absolute atomic E-state index is 0.289. The highest BCUT2D eigenvalue weighted by atomic mass is 32.1. The van der Waals surface area contributed by atoms with E-state index < -0.39 is 6.04 Å². The van der Waals surface area contributed by atoms with Gasteiger partial charge in [0.2, 0.25) is 5.91 Å². The van der Waals surface area contributed by atoms with Gasteiger partial charge in [0.05, 0.1) is 6.04 Å². The van der Waals surface area contributed by atoms with Crippen LogP contribution in [0.2, 0.25) is 0 Å². The first-order valence-electron chi connectivity index (χ1n) is 6.32. The van der Waals surface area contributed by atoms with Crippen molar-refractivity contribution in [3.8, 4) is 0 Å². The number of amides is 2. The van der Waals surface area contributed by atoms with E-state index in [2.05, 4.69) is 20.6 Å². The summed E-state index contributed by atoms with van der Waals surface area (Å²) >= 11 is 1.32. The smallest absolute Gasteiger partial charge is 0.269 e. The first kappa shape index (κ1) is 15.1. The number of carbonyl (C=O) groups is 2. The molecule has 4 N–H and O–H groups in total. The minimum atomic E-state index is -0.710. The van der Waals surface area contributed by atoms with Crippen molar-refractivity contribution in [3.63, 3.8) is 0 Å². The summed E-state index contributed by atoms with van der Waals surface area (Å²) in [5, 5.41) is 7.54. The lowest BCUT2D eigenvalue weighted by molar-refractivity contribution is -0.117. The fourth-order valence-electron chi connectivity index (χ4n) is 1.54. The molecule has 0 aliphatic heterocycles. The first-order valence-corrected chi connectivity index (χ1v) is 7.20. The number of pyridine rings is 1. The Bertz CT molecular complexity index is 588. The van der Waals surface area contributed by atoms with Gasteiger partial charge >= 0.3 is 0 Å². The minimum Gasteiger partial charge on any atom is -0.351 e. The van der Waals surface area contributed by atoms with Gasteiger partial charge in [-0.1, -0.05) is 6.07 Å². The fraction of sp³-hybridized carbons (Fsp3) is 0.231. The van der Waals surface area contributed by atoms with E-state index in [-0.39, 0.29) is 11.8 Å². The number of anilines is 1. The first-order chi connectivity index (χ1) is 10.2. The van der Waals surface area contributed by atoms with E-state index in [1.54, 1.807) is 36.0 Å². The SMILES string of the molecule is N[C@@H](CCNC(=O)c1ccccn1)C(=O)Nc1nccs1. The molecule has 8 heteroatoms. The Balaban J connectivity index is 1.73. The molecular weight excluding hydrogens is 290 g/mol. The third-order valence-electron chi connectivity index (χ3n) is 2.64. The molecule has 2 amide bonds. The number of nitrogens with zero attached hydrogens (tertiary/aromatic N) is 2. The van der Waals surface area contributed by atoms with Gasteiger partial charge in [-0.15, -0.1) is 11.3 Å². The second kappa shape index (κ2) is 7.46. The molecular formula is C13H15N5O2S. The van der Waals surface area contributed by atoms with E-state index in [1.807, 2.05) is 0 Å². The van der Waals surface area contributed by atoms with Gasteiger partial charge in [0.15, 0.2) is 5.13 Å². The second-order valence-electron chi connectivity index (χ2n) is 4.19. The topological polar surface area (TPSA) is 110 Å². The van der Waals surface area contributed by atoms with Gasteiger partial charge in [0.25, 0.3) is 5.91 Å². The van der Waals surface area contributed by atoms with Crippen molar-refractivity contribution in [2.75, 3.05) is 11.9 Å². The van der Waals surface area contributed by atoms with Crippen molar-refractivity contribution in [1.29, 1.82) is 0 Å². The number of nitrogens with two attached hydrogens (primary N) is 1. The monoisotopic (exact) mass is 305 g/mol. The summed E-state index contributed by atoms with van der Waals surface area (Å²) in [6.07, 6.45) is 3.47. The average Bonchev–Trinajstić information content (AvgIpc) is 3.00. The predicted octanol–water partition coefficient (Wildman–Crippen LogP) is 0.624. The van der Waals surface area contributed by atoms with Crippen LogP contribution < -0.4 is 16.4 Å². The third-order valence-corrected chi connectivity index (χ3v) is 3.33. The Labute approximate surface area is 125 Å². The average molecular weight is 305 g/mol. The predicted molar refractivity (Wildman–Crippen MR) is 79.9 cm³/mol. The van der Waals surface area contributed by atoms with Crippen LogP contribution in [0.5, 0.6) is 0 Å². The Kier molecular flexibility index (Phi) is 5.35. The van der Waals surface area contributed by atoms with Crippen LogP contribution in [0.15, 0.2) is 36.0 Å². The molecule has 0 aromatic carbocycles. The Hall–Kier alpha value is -2.32. The van der Waals surface area contributed by atoms with Gasteiger partial charge < -0.3 is 16.4 Å². The van der Waals surface area contributed by atoms with E-state index in [0.29, 0.717) is 23.8 Å². The van der Waals surface area contributed by atoms with Gasteiger partial charge in [-0.3, -0.25) is 14.6 Å². The second-order valence-corrected chi connectivity index (χ2v) is 5.09. The Morgan fingerprint density at radius 2 is 2.14 bits per heavy atom. The zero-order chi connectivity index (χ0) is 15.1. The molecule has 2 aromatic heterocycles. The highest BCUT2D eigenvalue weighted by Gasteiger charge is 2.15. The summed E-state index contributed by atoms with van der Waals surface area (Å²) in [4.78, 5) is 31.4. The lowest BCUT2D eigenvalue weighted by Crippen LogP contribution is -2.39. The summed E-state index contributed by atoms with van der Waals surface area (Å²) < 4.78 is 0. The van der Waals surface area contributed by atoms with Crippen LogP contribution in [0.4, 0.5) is 5.13 Å². The molecule has 0 spiro atoms. The summed E-state index contributed by atoms with van der Waals surface area (Å²) in [5.74, 6) is -0.611. The molecule has 2 aromatic rings. The lowest BCUT2D eigenvalue weighted by Gasteiger charge is -2.11. The maximum absolute atomic E-state index is 11.8. The molecule has 1 atom stereocenters. The van der Waals surface area contributed by atoms with E-state index in [9.17, 15) is 9.59 Å². The van der Waals surface area contributed by atoms with Gasteiger partial charge in [-0.05, 0) is 18.6 Å². The molecule has 0 fully saturated rings. The maximum atomic E-state index is 11.8. The van der Waals surface area contributed by atoms with E-state index in [4.69, 9.17) is 5.73 Å².